The van der Waals surface area contributed by atoms with E-state index in [9.17, 15) is 0 Å². The van der Waals surface area contributed by atoms with Crippen LogP contribution in [0.15, 0.2) is 27.2 Å². The molecule has 0 fully saturated rings. The number of hydrogen-bond donors (Lipinski definition) is 1. The lowest BCUT2D eigenvalue weighted by atomic mass is 10.5. The predicted molar refractivity (Wildman–Crippen MR) is 56.1 cm³/mol. The van der Waals surface area contributed by atoms with Crippen LogP contribution < -0.4 is 5.73 Å². The molecule has 2 aromatic rings. The molecule has 0 aromatic carbocycles. The second-order valence-electron chi connectivity index (χ2n) is 2.53. The Hall–Kier alpha value is -0.850. The third kappa shape index (κ3) is 2.34. The molecule has 0 saturated heterocycles. The van der Waals surface area contributed by atoms with E-state index in [2.05, 4.69) is 21.6 Å². The van der Waals surface area contributed by atoms with E-state index in [1.165, 1.54) is 16.6 Å². The molecule has 74 valence electrons. The van der Waals surface area contributed by atoms with Crippen LogP contribution in [0.25, 0.3) is 0 Å². The van der Waals surface area contributed by atoms with Crippen LogP contribution >= 0.6 is 23.1 Å². The fourth-order valence-electron chi connectivity index (χ4n) is 0.907. The summed E-state index contributed by atoms with van der Waals surface area (Å²) in [4.78, 5) is 1.29. The fourth-order valence-corrected chi connectivity index (χ4v) is 2.46. The predicted octanol–water partition coefficient (Wildman–Crippen LogP) is 1.88. The largest absolute Gasteiger partial charge is 0.415 e. The second kappa shape index (κ2) is 4.59. The number of aromatic nitrogens is 2. The number of thioether (sulfide) groups is 1. The van der Waals surface area contributed by atoms with Gasteiger partial charge in [0.05, 0.1) is 6.54 Å². The molecule has 2 N–H and O–H groups in total. The third-order valence-corrected chi connectivity index (χ3v) is 3.47. The van der Waals surface area contributed by atoms with E-state index in [1.54, 1.807) is 11.3 Å². The first-order valence-corrected chi connectivity index (χ1v) is 5.92. The van der Waals surface area contributed by atoms with Crippen LogP contribution in [-0.4, -0.2) is 10.2 Å². The van der Waals surface area contributed by atoms with E-state index in [0.29, 0.717) is 17.7 Å². The first kappa shape index (κ1) is 9.70. The summed E-state index contributed by atoms with van der Waals surface area (Å²) >= 11 is 3.25. The SMILES string of the molecule is NCc1nnc(SCc2cccs2)o1. The summed E-state index contributed by atoms with van der Waals surface area (Å²) in [5.41, 5.74) is 5.35. The quantitative estimate of drug-likeness (QED) is 0.808. The maximum Gasteiger partial charge on any atom is 0.276 e. The lowest BCUT2D eigenvalue weighted by molar-refractivity contribution is 0.415. The van der Waals surface area contributed by atoms with E-state index in [0.717, 1.165) is 5.75 Å². The van der Waals surface area contributed by atoms with Crippen molar-refractivity contribution in [3.05, 3.63) is 28.3 Å². The Balaban J connectivity index is 1.92. The van der Waals surface area contributed by atoms with Crippen LogP contribution in [0.1, 0.15) is 10.8 Å². The molecule has 0 aliphatic heterocycles. The number of hydrogen-bond acceptors (Lipinski definition) is 6. The van der Waals surface area contributed by atoms with Gasteiger partial charge in [-0.2, -0.15) is 0 Å². The summed E-state index contributed by atoms with van der Waals surface area (Å²) in [6.07, 6.45) is 0. The molecule has 0 bridgehead atoms. The van der Waals surface area contributed by atoms with Crippen molar-refractivity contribution in [3.8, 4) is 0 Å². The molecule has 0 radical (unpaired) electrons. The van der Waals surface area contributed by atoms with Crippen LogP contribution in [-0.2, 0) is 12.3 Å². The highest BCUT2D eigenvalue weighted by atomic mass is 32.2. The lowest BCUT2D eigenvalue weighted by Gasteiger charge is -1.91. The second-order valence-corrected chi connectivity index (χ2v) is 4.49. The Morgan fingerprint density at radius 2 is 2.43 bits per heavy atom. The summed E-state index contributed by atoms with van der Waals surface area (Å²) in [6.45, 7) is 0.298. The Kier molecular flexibility index (Phi) is 3.18. The van der Waals surface area contributed by atoms with Crippen molar-refractivity contribution in [1.82, 2.24) is 10.2 Å². The van der Waals surface area contributed by atoms with Gasteiger partial charge in [0.15, 0.2) is 0 Å². The standard InChI is InChI=1S/C8H9N3OS2/c9-4-7-10-11-8(12-7)14-5-6-2-1-3-13-6/h1-3H,4-5,9H2. The molecule has 2 heterocycles. The van der Waals surface area contributed by atoms with Gasteiger partial charge < -0.3 is 10.2 Å². The van der Waals surface area contributed by atoms with Gasteiger partial charge in [0.1, 0.15) is 0 Å². The van der Waals surface area contributed by atoms with Crippen LogP contribution in [0.2, 0.25) is 0 Å². The molecule has 0 saturated carbocycles. The van der Waals surface area contributed by atoms with Crippen molar-refractivity contribution < 1.29 is 4.42 Å². The monoisotopic (exact) mass is 227 g/mol. The molecule has 0 aliphatic rings. The topological polar surface area (TPSA) is 64.9 Å². The van der Waals surface area contributed by atoms with Crippen molar-refractivity contribution in [3.63, 3.8) is 0 Å². The Bertz CT molecular complexity index is 385. The van der Waals surface area contributed by atoms with Crippen LogP contribution in [0.3, 0.4) is 0 Å². The number of nitrogens with two attached hydrogens (primary N) is 1. The molecule has 0 spiro atoms. The van der Waals surface area contributed by atoms with E-state index in [-0.39, 0.29) is 0 Å². The highest BCUT2D eigenvalue weighted by molar-refractivity contribution is 7.98. The van der Waals surface area contributed by atoms with E-state index in [1.807, 2.05) is 6.07 Å². The summed E-state index contributed by atoms with van der Waals surface area (Å²) in [5.74, 6) is 1.35. The van der Waals surface area contributed by atoms with Crippen LogP contribution in [0.4, 0.5) is 0 Å². The minimum Gasteiger partial charge on any atom is -0.415 e. The van der Waals surface area contributed by atoms with Gasteiger partial charge in [0.25, 0.3) is 5.22 Å². The summed E-state index contributed by atoms with van der Waals surface area (Å²) in [5, 5.41) is 10.3. The molecule has 4 nitrogen and oxygen atoms in total. The van der Waals surface area contributed by atoms with Gasteiger partial charge in [-0.05, 0) is 11.4 Å². The minimum atomic E-state index is 0.298. The summed E-state index contributed by atoms with van der Waals surface area (Å²) in [6, 6.07) is 4.11. The highest BCUT2D eigenvalue weighted by Gasteiger charge is 2.05. The first-order chi connectivity index (χ1) is 6.88. The molecule has 0 atom stereocenters. The smallest absolute Gasteiger partial charge is 0.276 e. The molecule has 2 aromatic heterocycles. The summed E-state index contributed by atoms with van der Waals surface area (Å²) in [7, 11) is 0. The van der Waals surface area contributed by atoms with E-state index in [4.69, 9.17) is 10.2 Å². The third-order valence-electron chi connectivity index (χ3n) is 1.54. The molecule has 0 unspecified atom stereocenters. The van der Waals surface area contributed by atoms with Crippen LogP contribution in [0.5, 0.6) is 0 Å². The molecule has 0 aliphatic carbocycles. The highest BCUT2D eigenvalue weighted by Crippen LogP contribution is 2.23. The molecular weight excluding hydrogens is 218 g/mol. The van der Waals surface area contributed by atoms with Gasteiger partial charge in [-0.3, -0.25) is 0 Å². The summed E-state index contributed by atoms with van der Waals surface area (Å²) < 4.78 is 5.25. The maximum atomic E-state index is 5.35. The van der Waals surface area contributed by atoms with Crippen LogP contribution in [0, 0.1) is 0 Å². The van der Waals surface area contributed by atoms with Crippen molar-refractivity contribution in [2.75, 3.05) is 0 Å². The van der Waals surface area contributed by atoms with Gasteiger partial charge in [0.2, 0.25) is 5.89 Å². The average Bonchev–Trinajstić information content (AvgIpc) is 2.86. The van der Waals surface area contributed by atoms with Gasteiger partial charge in [-0.1, -0.05) is 17.8 Å². The molecule has 14 heavy (non-hydrogen) atoms. The normalized spacial score (nSPS) is 10.6. The first-order valence-electron chi connectivity index (χ1n) is 4.06. The van der Waals surface area contributed by atoms with Crippen molar-refractivity contribution in [2.45, 2.75) is 17.5 Å². The van der Waals surface area contributed by atoms with E-state index >= 15 is 0 Å². The van der Waals surface area contributed by atoms with Crippen molar-refractivity contribution >= 4 is 23.1 Å². The molecule has 6 heteroatoms. The minimum absolute atomic E-state index is 0.298. The molecular formula is C8H9N3OS2. The van der Waals surface area contributed by atoms with Gasteiger partial charge in [0, 0.05) is 10.6 Å². The number of rotatable bonds is 4. The Morgan fingerprint density at radius 3 is 3.07 bits per heavy atom. The Labute approximate surface area is 89.5 Å². The number of thiophene rings is 1. The van der Waals surface area contributed by atoms with E-state index < -0.39 is 0 Å². The zero-order valence-corrected chi connectivity index (χ0v) is 8.98. The zero-order chi connectivity index (χ0) is 9.80. The zero-order valence-electron chi connectivity index (χ0n) is 7.34. The average molecular weight is 227 g/mol. The van der Waals surface area contributed by atoms with Gasteiger partial charge in [-0.25, -0.2) is 0 Å². The molecule has 0 amide bonds. The molecule has 2 rings (SSSR count). The maximum absolute atomic E-state index is 5.35. The fraction of sp³-hybridized carbons (Fsp3) is 0.250. The van der Waals surface area contributed by atoms with Crippen molar-refractivity contribution in [1.29, 1.82) is 0 Å². The lowest BCUT2D eigenvalue weighted by Crippen LogP contribution is -1.95. The van der Waals surface area contributed by atoms with Gasteiger partial charge >= 0.3 is 0 Å². The number of nitrogens with zero attached hydrogens (tertiary/aromatic N) is 2. The van der Waals surface area contributed by atoms with Gasteiger partial charge in [-0.15, -0.1) is 21.5 Å². The van der Waals surface area contributed by atoms with Crippen molar-refractivity contribution in [2.24, 2.45) is 5.73 Å². The Morgan fingerprint density at radius 1 is 1.50 bits per heavy atom.